The number of nitrogens with zero attached hydrogens (tertiary/aromatic N) is 2. The van der Waals surface area contributed by atoms with Crippen LogP contribution in [0.25, 0.3) is 22.4 Å². The second-order valence-electron chi connectivity index (χ2n) is 6.25. The first-order chi connectivity index (χ1) is 10.5. The summed E-state index contributed by atoms with van der Waals surface area (Å²) in [7, 11) is 0. The number of carbonyl (C=O) groups is 1. The Morgan fingerprint density at radius 2 is 1.73 bits per heavy atom. The van der Waals surface area contributed by atoms with Gasteiger partial charge in [-0.25, -0.2) is 4.98 Å². The summed E-state index contributed by atoms with van der Waals surface area (Å²) >= 11 is 0. The Labute approximate surface area is 129 Å². The molecule has 0 aliphatic heterocycles. The van der Waals surface area contributed by atoms with E-state index in [-0.39, 0.29) is 5.41 Å². The lowest BCUT2D eigenvalue weighted by molar-refractivity contribution is -0.128. The Bertz CT molecular complexity index is 811. The molecule has 0 amide bonds. The number of carbonyl (C=O) groups excluding carboxylic acids is 1. The lowest BCUT2D eigenvalue weighted by Gasteiger charge is -2.19. The lowest BCUT2D eigenvalue weighted by Crippen LogP contribution is -2.12. The van der Waals surface area contributed by atoms with Gasteiger partial charge < -0.3 is 4.84 Å². The van der Waals surface area contributed by atoms with Gasteiger partial charge in [0, 0.05) is 5.56 Å². The molecule has 112 valence electrons. The van der Waals surface area contributed by atoms with Gasteiger partial charge >= 0.3 is 6.47 Å². The van der Waals surface area contributed by atoms with Crippen molar-refractivity contribution in [3.05, 3.63) is 54.1 Å². The summed E-state index contributed by atoms with van der Waals surface area (Å²) in [5, 5.41) is 0. The van der Waals surface area contributed by atoms with Gasteiger partial charge in [-0.05, 0) is 23.1 Å². The number of imidazole rings is 1. The summed E-state index contributed by atoms with van der Waals surface area (Å²) in [4.78, 5) is 20.5. The second-order valence-corrected chi connectivity index (χ2v) is 6.25. The number of para-hydroxylation sites is 2. The van der Waals surface area contributed by atoms with E-state index >= 15 is 0 Å². The molecule has 0 N–H and O–H groups in total. The van der Waals surface area contributed by atoms with Crippen LogP contribution in [0.15, 0.2) is 48.5 Å². The van der Waals surface area contributed by atoms with Gasteiger partial charge in [-0.3, -0.25) is 4.79 Å². The smallest absolute Gasteiger partial charge is 0.321 e. The molecule has 3 rings (SSSR count). The maximum Gasteiger partial charge on any atom is 0.321 e. The fraction of sp³-hybridized carbons (Fsp3) is 0.222. The molecule has 0 unspecified atom stereocenters. The van der Waals surface area contributed by atoms with Crippen molar-refractivity contribution in [2.75, 3.05) is 0 Å². The fourth-order valence-corrected chi connectivity index (χ4v) is 2.45. The zero-order valence-electron chi connectivity index (χ0n) is 12.9. The molecule has 0 aliphatic carbocycles. The van der Waals surface area contributed by atoms with Crippen LogP contribution in [-0.2, 0) is 10.2 Å². The van der Waals surface area contributed by atoms with Gasteiger partial charge in [0.15, 0.2) is 5.82 Å². The quantitative estimate of drug-likeness (QED) is 0.693. The van der Waals surface area contributed by atoms with Crippen molar-refractivity contribution >= 4 is 17.5 Å². The Hall–Kier alpha value is -2.62. The average Bonchev–Trinajstić information content (AvgIpc) is 2.86. The zero-order valence-corrected chi connectivity index (χ0v) is 12.9. The molecule has 0 atom stereocenters. The highest BCUT2D eigenvalue weighted by atomic mass is 16.7. The molecule has 0 radical (unpaired) electrons. The molecule has 2 aromatic carbocycles. The zero-order chi connectivity index (χ0) is 15.7. The van der Waals surface area contributed by atoms with Crippen molar-refractivity contribution in [1.82, 2.24) is 9.71 Å². The number of rotatable bonds is 3. The third-order valence-corrected chi connectivity index (χ3v) is 3.68. The van der Waals surface area contributed by atoms with Crippen molar-refractivity contribution < 1.29 is 9.63 Å². The minimum Gasteiger partial charge on any atom is -0.338 e. The SMILES string of the molecule is CC(C)(C)c1ccc(-c2nc3ccccc3n2OC=O)cc1. The normalized spacial score (nSPS) is 11.6. The third-order valence-electron chi connectivity index (χ3n) is 3.68. The van der Waals surface area contributed by atoms with E-state index in [0.717, 1.165) is 16.6 Å². The Kier molecular flexibility index (Phi) is 3.45. The number of hydrogen-bond acceptors (Lipinski definition) is 3. The third kappa shape index (κ3) is 2.48. The van der Waals surface area contributed by atoms with Gasteiger partial charge in [0.25, 0.3) is 0 Å². The lowest BCUT2D eigenvalue weighted by atomic mass is 9.87. The Morgan fingerprint density at radius 1 is 1.05 bits per heavy atom. The van der Waals surface area contributed by atoms with Crippen LogP contribution in [0.3, 0.4) is 0 Å². The Balaban J connectivity index is 2.13. The molecular weight excluding hydrogens is 276 g/mol. The molecule has 0 saturated heterocycles. The first kappa shape index (κ1) is 14.3. The molecule has 1 heterocycles. The molecule has 3 aromatic rings. The largest absolute Gasteiger partial charge is 0.338 e. The maximum absolute atomic E-state index is 10.8. The minimum atomic E-state index is 0.0952. The summed E-state index contributed by atoms with van der Waals surface area (Å²) < 4.78 is 1.47. The van der Waals surface area contributed by atoms with Crippen LogP contribution in [0.5, 0.6) is 0 Å². The summed E-state index contributed by atoms with van der Waals surface area (Å²) in [6, 6.07) is 15.7. The molecule has 0 bridgehead atoms. The van der Waals surface area contributed by atoms with E-state index in [1.165, 1.54) is 10.3 Å². The monoisotopic (exact) mass is 294 g/mol. The molecule has 4 nitrogen and oxygen atoms in total. The molecule has 4 heteroatoms. The van der Waals surface area contributed by atoms with Crippen molar-refractivity contribution in [3.63, 3.8) is 0 Å². The van der Waals surface area contributed by atoms with Crippen molar-refractivity contribution in [1.29, 1.82) is 0 Å². The average molecular weight is 294 g/mol. The van der Waals surface area contributed by atoms with Crippen molar-refractivity contribution in [2.45, 2.75) is 26.2 Å². The topological polar surface area (TPSA) is 44.1 Å². The predicted molar refractivity (Wildman–Crippen MR) is 86.5 cm³/mol. The number of fused-ring (bicyclic) bond motifs is 1. The maximum atomic E-state index is 10.8. The van der Waals surface area contributed by atoms with Crippen LogP contribution in [0.4, 0.5) is 0 Å². The van der Waals surface area contributed by atoms with Gasteiger partial charge in [-0.15, -0.1) is 0 Å². The fourth-order valence-electron chi connectivity index (χ4n) is 2.45. The summed E-state index contributed by atoms with van der Waals surface area (Å²) in [5.74, 6) is 0.619. The summed E-state index contributed by atoms with van der Waals surface area (Å²) in [6.07, 6.45) is 0. The van der Waals surface area contributed by atoms with Crippen LogP contribution in [0.1, 0.15) is 26.3 Å². The summed E-state index contributed by atoms with van der Waals surface area (Å²) in [5.41, 5.74) is 3.81. The van der Waals surface area contributed by atoms with Gasteiger partial charge in [0.1, 0.15) is 5.52 Å². The molecule has 0 saturated carbocycles. The van der Waals surface area contributed by atoms with E-state index in [1.54, 1.807) is 0 Å². The molecule has 0 spiro atoms. The number of hydrogen-bond donors (Lipinski definition) is 0. The molecule has 0 fully saturated rings. The predicted octanol–water partition coefficient (Wildman–Crippen LogP) is 3.59. The van der Waals surface area contributed by atoms with Gasteiger partial charge in [-0.2, -0.15) is 4.73 Å². The first-order valence-electron chi connectivity index (χ1n) is 7.20. The highest BCUT2D eigenvalue weighted by molar-refractivity contribution is 5.80. The van der Waals surface area contributed by atoms with E-state index in [0.29, 0.717) is 12.3 Å². The van der Waals surface area contributed by atoms with Crippen LogP contribution in [-0.4, -0.2) is 16.2 Å². The number of benzene rings is 2. The highest BCUT2D eigenvalue weighted by Crippen LogP contribution is 2.27. The van der Waals surface area contributed by atoms with E-state index in [2.05, 4.69) is 37.9 Å². The highest BCUT2D eigenvalue weighted by Gasteiger charge is 2.16. The van der Waals surface area contributed by atoms with Gasteiger partial charge in [-0.1, -0.05) is 57.2 Å². The minimum absolute atomic E-state index is 0.0952. The van der Waals surface area contributed by atoms with E-state index in [4.69, 9.17) is 4.84 Å². The van der Waals surface area contributed by atoms with Crippen LogP contribution >= 0.6 is 0 Å². The van der Waals surface area contributed by atoms with E-state index in [9.17, 15) is 4.79 Å². The van der Waals surface area contributed by atoms with E-state index < -0.39 is 0 Å². The van der Waals surface area contributed by atoms with Gasteiger partial charge in [0.05, 0.1) is 5.52 Å². The van der Waals surface area contributed by atoms with Crippen molar-refractivity contribution in [3.8, 4) is 11.4 Å². The van der Waals surface area contributed by atoms with Crippen molar-refractivity contribution in [2.24, 2.45) is 0 Å². The Morgan fingerprint density at radius 3 is 2.36 bits per heavy atom. The number of aromatic nitrogens is 2. The van der Waals surface area contributed by atoms with Crippen LogP contribution in [0, 0.1) is 0 Å². The molecular formula is C18H18N2O2. The van der Waals surface area contributed by atoms with Gasteiger partial charge in [0.2, 0.25) is 0 Å². The summed E-state index contributed by atoms with van der Waals surface area (Å²) in [6.45, 7) is 6.94. The van der Waals surface area contributed by atoms with E-state index in [1.807, 2.05) is 36.4 Å². The standard InChI is InChI=1S/C18H18N2O2/c1-18(2,3)14-10-8-13(9-11-14)17-19-15-6-4-5-7-16(15)20(17)22-12-21/h4-12H,1-3H3. The first-order valence-corrected chi connectivity index (χ1v) is 7.20. The molecule has 22 heavy (non-hydrogen) atoms. The molecule has 0 aliphatic rings. The van der Waals surface area contributed by atoms with Crippen LogP contribution < -0.4 is 4.84 Å². The molecule has 1 aromatic heterocycles. The second kappa shape index (κ2) is 5.30. The van der Waals surface area contributed by atoms with Crippen LogP contribution in [0.2, 0.25) is 0 Å².